The lowest BCUT2D eigenvalue weighted by molar-refractivity contribution is 0.162. The first-order chi connectivity index (χ1) is 8.15. The van der Waals surface area contributed by atoms with Gasteiger partial charge in [-0.1, -0.05) is 25.0 Å². The summed E-state index contributed by atoms with van der Waals surface area (Å²) in [5, 5.41) is 10.1. The molecule has 0 radical (unpaired) electrons. The largest absolute Gasteiger partial charge is 0.388 e. The monoisotopic (exact) mass is 233 g/mol. The van der Waals surface area contributed by atoms with Crippen LogP contribution in [0.25, 0.3) is 0 Å². The number of unbranched alkanes of at least 4 members (excludes halogenated alkanes) is 3. The number of aromatic nitrogens is 1. The van der Waals surface area contributed by atoms with Gasteiger partial charge in [0.2, 0.25) is 0 Å². The molecular weight excluding hydrogens is 210 g/mol. The summed E-state index contributed by atoms with van der Waals surface area (Å²) in [5.74, 6) is 0. The van der Waals surface area contributed by atoms with Crippen LogP contribution in [0, 0.1) is 13.8 Å². The maximum atomic E-state index is 10.1. The van der Waals surface area contributed by atoms with Crippen LogP contribution in [0.5, 0.6) is 0 Å². The SMILES string of the molecule is C=CCCCCCC(O)c1ccc(C)nc1C. The fourth-order valence-electron chi connectivity index (χ4n) is 2.01. The van der Waals surface area contributed by atoms with Gasteiger partial charge in [0.25, 0.3) is 0 Å². The molecule has 17 heavy (non-hydrogen) atoms. The van der Waals surface area contributed by atoms with Crippen molar-refractivity contribution < 1.29 is 5.11 Å². The van der Waals surface area contributed by atoms with E-state index < -0.39 is 0 Å². The smallest absolute Gasteiger partial charge is 0.0807 e. The molecule has 94 valence electrons. The van der Waals surface area contributed by atoms with Crippen molar-refractivity contribution in [2.45, 2.75) is 52.1 Å². The second-order valence-electron chi connectivity index (χ2n) is 4.57. The summed E-state index contributed by atoms with van der Waals surface area (Å²) in [7, 11) is 0. The molecule has 2 nitrogen and oxygen atoms in total. The van der Waals surface area contributed by atoms with Crippen LogP contribution in [0.1, 0.15) is 55.2 Å². The fourth-order valence-corrected chi connectivity index (χ4v) is 2.01. The maximum absolute atomic E-state index is 10.1. The first-order valence-electron chi connectivity index (χ1n) is 6.38. The van der Waals surface area contributed by atoms with Gasteiger partial charge in [-0.25, -0.2) is 0 Å². The molecule has 2 heteroatoms. The van der Waals surface area contributed by atoms with E-state index in [1.807, 2.05) is 32.1 Å². The molecule has 1 aromatic rings. The summed E-state index contributed by atoms with van der Waals surface area (Å²) in [6.45, 7) is 7.64. The molecule has 0 spiro atoms. The zero-order valence-electron chi connectivity index (χ0n) is 10.9. The van der Waals surface area contributed by atoms with Gasteiger partial charge in [0.1, 0.15) is 0 Å². The topological polar surface area (TPSA) is 33.1 Å². The molecule has 0 bridgehead atoms. The van der Waals surface area contributed by atoms with Gasteiger partial charge in [-0.05, 0) is 39.2 Å². The minimum Gasteiger partial charge on any atom is -0.388 e. The molecule has 0 saturated carbocycles. The summed E-state index contributed by atoms with van der Waals surface area (Å²) in [5.41, 5.74) is 2.92. The molecule has 0 amide bonds. The number of pyridine rings is 1. The Morgan fingerprint density at radius 2 is 2.06 bits per heavy atom. The van der Waals surface area contributed by atoms with Crippen LogP contribution in [-0.2, 0) is 0 Å². The van der Waals surface area contributed by atoms with E-state index in [1.165, 1.54) is 6.42 Å². The van der Waals surface area contributed by atoms with Crippen LogP contribution in [0.15, 0.2) is 24.8 Å². The number of rotatable bonds is 7. The number of hydrogen-bond donors (Lipinski definition) is 1. The van der Waals surface area contributed by atoms with Crippen LogP contribution < -0.4 is 0 Å². The summed E-state index contributed by atoms with van der Waals surface area (Å²) in [6.07, 6.45) is 6.85. The lowest BCUT2D eigenvalue weighted by atomic mass is 10.0. The minimum atomic E-state index is -0.369. The maximum Gasteiger partial charge on any atom is 0.0807 e. The predicted octanol–water partition coefficient (Wildman–Crippen LogP) is 3.87. The highest BCUT2D eigenvalue weighted by Gasteiger charge is 2.10. The Kier molecular flexibility index (Phi) is 5.92. The van der Waals surface area contributed by atoms with Crippen LogP contribution in [0.3, 0.4) is 0 Å². The van der Waals surface area contributed by atoms with Crippen molar-refractivity contribution in [1.29, 1.82) is 0 Å². The summed E-state index contributed by atoms with van der Waals surface area (Å²) >= 11 is 0. The Morgan fingerprint density at radius 1 is 1.29 bits per heavy atom. The molecule has 1 aromatic heterocycles. The van der Waals surface area contributed by atoms with Crippen molar-refractivity contribution in [3.8, 4) is 0 Å². The lowest BCUT2D eigenvalue weighted by Gasteiger charge is -2.13. The first kappa shape index (κ1) is 13.9. The summed E-state index contributed by atoms with van der Waals surface area (Å²) < 4.78 is 0. The normalized spacial score (nSPS) is 12.4. The van der Waals surface area contributed by atoms with Crippen molar-refractivity contribution in [3.05, 3.63) is 41.7 Å². The molecule has 1 heterocycles. The number of aliphatic hydroxyl groups is 1. The van der Waals surface area contributed by atoms with Crippen molar-refractivity contribution in [1.82, 2.24) is 4.98 Å². The molecule has 0 aliphatic carbocycles. The van der Waals surface area contributed by atoms with Crippen molar-refractivity contribution in [2.24, 2.45) is 0 Å². The molecular formula is C15H23NO. The molecule has 1 atom stereocenters. The molecule has 1 unspecified atom stereocenters. The molecule has 1 rings (SSSR count). The van der Waals surface area contributed by atoms with E-state index >= 15 is 0 Å². The van der Waals surface area contributed by atoms with E-state index in [-0.39, 0.29) is 6.10 Å². The van der Waals surface area contributed by atoms with E-state index in [2.05, 4.69) is 11.6 Å². The Balaban J connectivity index is 2.41. The predicted molar refractivity (Wildman–Crippen MR) is 72.0 cm³/mol. The average Bonchev–Trinajstić information content (AvgIpc) is 2.28. The molecule has 0 aromatic carbocycles. The van der Waals surface area contributed by atoms with Crippen LogP contribution >= 0.6 is 0 Å². The Bertz CT molecular complexity index is 360. The summed E-state index contributed by atoms with van der Waals surface area (Å²) in [4.78, 5) is 4.38. The van der Waals surface area contributed by atoms with Gasteiger partial charge < -0.3 is 5.11 Å². The van der Waals surface area contributed by atoms with Crippen molar-refractivity contribution in [2.75, 3.05) is 0 Å². The third kappa shape index (κ3) is 4.70. The fraction of sp³-hybridized carbons (Fsp3) is 0.533. The third-order valence-electron chi connectivity index (χ3n) is 3.01. The van der Waals surface area contributed by atoms with E-state index in [4.69, 9.17) is 0 Å². The van der Waals surface area contributed by atoms with Gasteiger partial charge in [-0.3, -0.25) is 4.98 Å². The third-order valence-corrected chi connectivity index (χ3v) is 3.01. The Labute approximate surface area is 104 Å². The van der Waals surface area contributed by atoms with E-state index in [0.29, 0.717) is 0 Å². The minimum absolute atomic E-state index is 0.369. The van der Waals surface area contributed by atoms with Crippen molar-refractivity contribution in [3.63, 3.8) is 0 Å². The molecule has 0 fully saturated rings. The summed E-state index contributed by atoms with van der Waals surface area (Å²) in [6, 6.07) is 3.95. The zero-order chi connectivity index (χ0) is 12.7. The van der Waals surface area contributed by atoms with Gasteiger partial charge in [0, 0.05) is 17.0 Å². The highest BCUT2D eigenvalue weighted by atomic mass is 16.3. The molecule has 1 N–H and O–H groups in total. The highest BCUT2D eigenvalue weighted by molar-refractivity contribution is 5.23. The van der Waals surface area contributed by atoms with Gasteiger partial charge in [0.05, 0.1) is 6.10 Å². The van der Waals surface area contributed by atoms with Crippen molar-refractivity contribution >= 4 is 0 Å². The van der Waals surface area contributed by atoms with E-state index in [1.54, 1.807) is 0 Å². The number of hydrogen-bond acceptors (Lipinski definition) is 2. The molecule has 0 aliphatic rings. The number of aryl methyl sites for hydroxylation is 2. The number of nitrogens with zero attached hydrogens (tertiary/aromatic N) is 1. The zero-order valence-corrected chi connectivity index (χ0v) is 10.9. The number of allylic oxidation sites excluding steroid dienone is 1. The molecule has 0 aliphatic heterocycles. The molecule has 0 saturated heterocycles. The van der Waals surface area contributed by atoms with Crippen LogP contribution in [-0.4, -0.2) is 10.1 Å². The highest BCUT2D eigenvalue weighted by Crippen LogP contribution is 2.22. The Morgan fingerprint density at radius 3 is 2.71 bits per heavy atom. The van der Waals surface area contributed by atoms with E-state index in [0.717, 1.165) is 42.6 Å². The Hall–Kier alpha value is -1.15. The second kappa shape index (κ2) is 7.23. The lowest BCUT2D eigenvalue weighted by Crippen LogP contribution is -2.02. The van der Waals surface area contributed by atoms with Crippen LogP contribution in [0.4, 0.5) is 0 Å². The number of aliphatic hydroxyl groups excluding tert-OH is 1. The first-order valence-corrected chi connectivity index (χ1v) is 6.38. The average molecular weight is 233 g/mol. The van der Waals surface area contributed by atoms with Gasteiger partial charge >= 0.3 is 0 Å². The standard InChI is InChI=1S/C15H23NO/c1-4-5-6-7-8-9-15(17)14-11-10-12(2)16-13(14)3/h4,10-11,15,17H,1,5-9H2,2-3H3. The van der Waals surface area contributed by atoms with Gasteiger partial charge in [0.15, 0.2) is 0 Å². The second-order valence-corrected chi connectivity index (χ2v) is 4.57. The van der Waals surface area contributed by atoms with E-state index in [9.17, 15) is 5.11 Å². The van der Waals surface area contributed by atoms with Gasteiger partial charge in [-0.15, -0.1) is 6.58 Å². The van der Waals surface area contributed by atoms with Gasteiger partial charge in [-0.2, -0.15) is 0 Å². The quantitative estimate of drug-likeness (QED) is 0.573. The van der Waals surface area contributed by atoms with Crippen LogP contribution in [0.2, 0.25) is 0 Å².